The van der Waals surface area contributed by atoms with Gasteiger partial charge in [-0.15, -0.1) is 0 Å². The molecule has 3 fully saturated rings. The minimum Gasteiger partial charge on any atom is -0.377 e. The van der Waals surface area contributed by atoms with Crippen molar-refractivity contribution in [2.24, 2.45) is 11.3 Å². The average Bonchev–Trinajstić information content (AvgIpc) is 3.13. The Bertz CT molecular complexity index is 386. The molecule has 1 N–H and O–H groups in total. The molecule has 4 rings (SSSR count). The van der Waals surface area contributed by atoms with Crippen LogP contribution < -0.4 is 5.32 Å². The molecule has 112 valence electrons. The van der Waals surface area contributed by atoms with E-state index in [2.05, 4.69) is 11.4 Å². The maximum absolute atomic E-state index is 6.05. The predicted molar refractivity (Wildman–Crippen MR) is 78.7 cm³/mol. The summed E-state index contributed by atoms with van der Waals surface area (Å²) in [5.41, 5.74) is 2.09. The summed E-state index contributed by atoms with van der Waals surface area (Å²) < 4.78 is 11.4. The lowest BCUT2D eigenvalue weighted by atomic mass is 9.54. The highest BCUT2D eigenvalue weighted by atomic mass is 16.5. The topological polar surface area (TPSA) is 30.5 Å². The maximum atomic E-state index is 6.05. The van der Waals surface area contributed by atoms with Crippen molar-refractivity contribution in [1.82, 2.24) is 5.32 Å². The Morgan fingerprint density at radius 1 is 1.25 bits per heavy atom. The number of rotatable bonds is 4. The van der Waals surface area contributed by atoms with Crippen LogP contribution in [-0.2, 0) is 9.47 Å². The minimum absolute atomic E-state index is 0.505. The van der Waals surface area contributed by atoms with Crippen LogP contribution in [0, 0.1) is 11.3 Å². The Morgan fingerprint density at radius 3 is 2.95 bits per heavy atom. The molecule has 4 aliphatic rings. The van der Waals surface area contributed by atoms with Gasteiger partial charge in [0, 0.05) is 24.0 Å². The van der Waals surface area contributed by atoms with Crippen LogP contribution in [0.3, 0.4) is 0 Å². The van der Waals surface area contributed by atoms with Crippen LogP contribution in [0.1, 0.15) is 44.9 Å². The second kappa shape index (κ2) is 5.43. The summed E-state index contributed by atoms with van der Waals surface area (Å²) in [6.45, 7) is 3.87. The summed E-state index contributed by atoms with van der Waals surface area (Å²) in [4.78, 5) is 0. The lowest BCUT2D eigenvalue weighted by molar-refractivity contribution is -0.130. The lowest BCUT2D eigenvalue weighted by Crippen LogP contribution is -2.67. The van der Waals surface area contributed by atoms with Crippen molar-refractivity contribution in [2.45, 2.75) is 57.1 Å². The third kappa shape index (κ3) is 2.06. The van der Waals surface area contributed by atoms with Gasteiger partial charge in [0.15, 0.2) is 0 Å². The number of fused-ring (bicyclic) bond motifs is 2. The van der Waals surface area contributed by atoms with Crippen LogP contribution >= 0.6 is 0 Å². The predicted octanol–water partition coefficient (Wildman–Crippen LogP) is 2.66. The van der Waals surface area contributed by atoms with Gasteiger partial charge in [0.05, 0.1) is 19.3 Å². The molecule has 0 radical (unpaired) electrons. The van der Waals surface area contributed by atoms with Gasteiger partial charge < -0.3 is 14.8 Å². The van der Waals surface area contributed by atoms with E-state index in [1.165, 1.54) is 38.5 Å². The number of hydrogen-bond donors (Lipinski definition) is 1. The second-order valence-corrected chi connectivity index (χ2v) is 7.05. The quantitative estimate of drug-likeness (QED) is 0.801. The van der Waals surface area contributed by atoms with E-state index in [1.54, 1.807) is 5.57 Å². The molecule has 3 nitrogen and oxygen atoms in total. The minimum atomic E-state index is 0.505. The molecule has 0 aromatic rings. The molecule has 2 aliphatic heterocycles. The largest absolute Gasteiger partial charge is 0.377 e. The fraction of sp³-hybridized carbons (Fsp3) is 0.882. The van der Waals surface area contributed by atoms with E-state index < -0.39 is 0 Å². The summed E-state index contributed by atoms with van der Waals surface area (Å²) in [5, 5.41) is 3.91. The molecule has 0 amide bonds. The highest BCUT2D eigenvalue weighted by Gasteiger charge is 2.64. The van der Waals surface area contributed by atoms with Crippen molar-refractivity contribution in [3.05, 3.63) is 11.6 Å². The molecular formula is C17H27NO2. The smallest absolute Gasteiger partial charge is 0.0690 e. The van der Waals surface area contributed by atoms with E-state index in [-0.39, 0.29) is 0 Å². The van der Waals surface area contributed by atoms with Crippen LogP contribution in [0.15, 0.2) is 11.6 Å². The lowest BCUT2D eigenvalue weighted by Gasteiger charge is -2.57. The zero-order valence-corrected chi connectivity index (χ0v) is 12.4. The standard InChI is InChI=1S/C17H27NO2/c1-2-8-17(7-1)15(14-6-12-20-16(14)17)18-9-3-13-4-10-19-11-5-13/h4,14-16,18H,1-3,5-12H2/t14-,15-,16-/m1/s1. The van der Waals surface area contributed by atoms with Crippen LogP contribution in [0.2, 0.25) is 0 Å². The number of hydrogen-bond acceptors (Lipinski definition) is 3. The van der Waals surface area contributed by atoms with Crippen LogP contribution in [0.5, 0.6) is 0 Å². The van der Waals surface area contributed by atoms with Crippen LogP contribution in [-0.4, -0.2) is 38.5 Å². The van der Waals surface area contributed by atoms with Gasteiger partial charge in [0.1, 0.15) is 0 Å². The first kappa shape index (κ1) is 13.3. The van der Waals surface area contributed by atoms with E-state index in [9.17, 15) is 0 Å². The molecular weight excluding hydrogens is 250 g/mol. The fourth-order valence-electron chi connectivity index (χ4n) is 5.19. The maximum Gasteiger partial charge on any atom is 0.0690 e. The summed E-state index contributed by atoms with van der Waals surface area (Å²) in [6, 6.07) is 0.734. The molecule has 2 aliphatic carbocycles. The van der Waals surface area contributed by atoms with Gasteiger partial charge in [-0.25, -0.2) is 0 Å². The fourth-order valence-corrected chi connectivity index (χ4v) is 5.19. The first-order chi connectivity index (χ1) is 9.90. The molecule has 1 saturated heterocycles. The van der Waals surface area contributed by atoms with Gasteiger partial charge in [-0.3, -0.25) is 0 Å². The molecule has 0 aromatic heterocycles. The van der Waals surface area contributed by atoms with Crippen molar-refractivity contribution < 1.29 is 9.47 Å². The first-order valence-electron chi connectivity index (χ1n) is 8.51. The van der Waals surface area contributed by atoms with E-state index in [0.29, 0.717) is 11.5 Å². The van der Waals surface area contributed by atoms with Gasteiger partial charge in [-0.1, -0.05) is 24.5 Å². The summed E-state index contributed by atoms with van der Waals surface area (Å²) >= 11 is 0. The SMILES string of the molecule is C1=C(CCN[C@@H]2[C@H]3CCO[C@H]3C23CCCC3)CCOC1. The van der Waals surface area contributed by atoms with Crippen molar-refractivity contribution >= 4 is 0 Å². The van der Waals surface area contributed by atoms with Crippen molar-refractivity contribution in [3.63, 3.8) is 0 Å². The Kier molecular flexibility index (Phi) is 3.61. The Hall–Kier alpha value is -0.380. The molecule has 20 heavy (non-hydrogen) atoms. The Morgan fingerprint density at radius 2 is 2.15 bits per heavy atom. The molecule has 0 bridgehead atoms. The number of ether oxygens (including phenoxy) is 2. The average molecular weight is 277 g/mol. The molecule has 0 unspecified atom stereocenters. The van der Waals surface area contributed by atoms with E-state index in [4.69, 9.17) is 9.47 Å². The molecule has 2 heterocycles. The second-order valence-electron chi connectivity index (χ2n) is 7.05. The van der Waals surface area contributed by atoms with Crippen molar-refractivity contribution in [2.75, 3.05) is 26.4 Å². The summed E-state index contributed by atoms with van der Waals surface area (Å²) in [5.74, 6) is 0.803. The van der Waals surface area contributed by atoms with Gasteiger partial charge in [-0.05, 0) is 38.6 Å². The van der Waals surface area contributed by atoms with Gasteiger partial charge in [-0.2, -0.15) is 0 Å². The van der Waals surface area contributed by atoms with E-state index in [1.807, 2.05) is 0 Å². The molecule has 2 saturated carbocycles. The molecule has 3 heteroatoms. The van der Waals surface area contributed by atoms with E-state index >= 15 is 0 Å². The van der Waals surface area contributed by atoms with Crippen LogP contribution in [0.4, 0.5) is 0 Å². The Balaban J connectivity index is 1.34. The van der Waals surface area contributed by atoms with Crippen LogP contribution in [0.25, 0.3) is 0 Å². The third-order valence-electron chi connectivity index (χ3n) is 6.15. The normalized spacial score (nSPS) is 38.6. The highest BCUT2D eigenvalue weighted by Crippen LogP contribution is 2.60. The third-order valence-corrected chi connectivity index (χ3v) is 6.15. The van der Waals surface area contributed by atoms with Gasteiger partial charge in [0.2, 0.25) is 0 Å². The molecule has 0 aromatic carbocycles. The monoisotopic (exact) mass is 277 g/mol. The zero-order chi connectivity index (χ0) is 13.4. The van der Waals surface area contributed by atoms with Gasteiger partial charge >= 0.3 is 0 Å². The zero-order valence-electron chi connectivity index (χ0n) is 12.4. The van der Waals surface area contributed by atoms with E-state index in [0.717, 1.165) is 44.7 Å². The van der Waals surface area contributed by atoms with Crippen molar-refractivity contribution in [3.8, 4) is 0 Å². The van der Waals surface area contributed by atoms with Crippen molar-refractivity contribution in [1.29, 1.82) is 0 Å². The first-order valence-corrected chi connectivity index (χ1v) is 8.51. The van der Waals surface area contributed by atoms with Gasteiger partial charge in [0.25, 0.3) is 0 Å². The Labute approximate surface area is 122 Å². The summed E-state index contributed by atoms with van der Waals surface area (Å²) in [7, 11) is 0. The summed E-state index contributed by atoms with van der Waals surface area (Å²) in [6.07, 6.45) is 12.1. The molecule has 1 spiro atoms. The highest BCUT2D eigenvalue weighted by molar-refractivity contribution is 5.17. The number of nitrogens with one attached hydrogen (secondary N) is 1. The molecule has 3 atom stereocenters.